The van der Waals surface area contributed by atoms with Crippen LogP contribution in [0.15, 0.2) is 54.9 Å². The molecule has 0 radical (unpaired) electrons. The number of aromatic nitrogens is 2. The largest absolute Gasteiger partial charge is 0.346 e. The molecule has 1 aromatic carbocycles. The van der Waals surface area contributed by atoms with Crippen molar-refractivity contribution in [1.29, 1.82) is 0 Å². The standard InChI is InChI=1S/C19H13F3N4O2/c20-13-4-5-14(17(22)16(13)21)26-19(28)15-9-11(6-8-24-15)18(27)25-10-12-3-1-2-7-23-12/h1-9H,10H2,(H,25,27)(H,26,28). The first-order valence-electron chi connectivity index (χ1n) is 8.04. The van der Waals surface area contributed by atoms with Gasteiger partial charge in [0.1, 0.15) is 5.69 Å². The minimum atomic E-state index is -1.70. The SMILES string of the molecule is O=C(NCc1ccccn1)c1ccnc(C(=O)Nc2ccc(F)c(F)c2F)c1. The number of pyridine rings is 2. The zero-order valence-corrected chi connectivity index (χ0v) is 14.2. The predicted octanol–water partition coefficient (Wildman–Crippen LogP) is 3.08. The van der Waals surface area contributed by atoms with E-state index in [1.807, 2.05) is 0 Å². The van der Waals surface area contributed by atoms with Crippen LogP contribution < -0.4 is 10.6 Å². The third-order valence-electron chi connectivity index (χ3n) is 3.69. The molecular weight excluding hydrogens is 373 g/mol. The number of amides is 2. The van der Waals surface area contributed by atoms with Crippen LogP contribution in [0.25, 0.3) is 0 Å². The fourth-order valence-corrected chi connectivity index (χ4v) is 2.28. The van der Waals surface area contributed by atoms with Gasteiger partial charge in [-0.05, 0) is 36.4 Å². The van der Waals surface area contributed by atoms with Gasteiger partial charge in [-0.1, -0.05) is 6.07 Å². The maximum atomic E-state index is 13.7. The third-order valence-corrected chi connectivity index (χ3v) is 3.69. The highest BCUT2D eigenvalue weighted by atomic mass is 19.2. The molecule has 142 valence electrons. The molecule has 2 heterocycles. The van der Waals surface area contributed by atoms with Crippen LogP contribution in [0.5, 0.6) is 0 Å². The van der Waals surface area contributed by atoms with Gasteiger partial charge < -0.3 is 10.6 Å². The second kappa shape index (κ2) is 8.30. The highest BCUT2D eigenvalue weighted by Gasteiger charge is 2.17. The highest BCUT2D eigenvalue weighted by Crippen LogP contribution is 2.20. The lowest BCUT2D eigenvalue weighted by Crippen LogP contribution is -2.24. The summed E-state index contributed by atoms with van der Waals surface area (Å²) in [5.41, 5.74) is 0.0452. The van der Waals surface area contributed by atoms with E-state index in [1.165, 1.54) is 18.3 Å². The van der Waals surface area contributed by atoms with Crippen molar-refractivity contribution in [1.82, 2.24) is 15.3 Å². The van der Waals surface area contributed by atoms with E-state index in [-0.39, 0.29) is 17.8 Å². The van der Waals surface area contributed by atoms with Gasteiger partial charge in [-0.15, -0.1) is 0 Å². The minimum Gasteiger partial charge on any atom is -0.346 e. The van der Waals surface area contributed by atoms with Crippen LogP contribution in [0, 0.1) is 17.5 Å². The van der Waals surface area contributed by atoms with Crippen LogP contribution >= 0.6 is 0 Å². The van der Waals surface area contributed by atoms with E-state index >= 15 is 0 Å². The molecule has 0 bridgehead atoms. The van der Waals surface area contributed by atoms with Gasteiger partial charge in [-0.25, -0.2) is 13.2 Å². The van der Waals surface area contributed by atoms with Gasteiger partial charge in [0.15, 0.2) is 17.5 Å². The summed E-state index contributed by atoms with van der Waals surface area (Å²) in [4.78, 5) is 32.3. The first-order valence-corrected chi connectivity index (χ1v) is 8.04. The van der Waals surface area contributed by atoms with Crippen molar-refractivity contribution in [2.45, 2.75) is 6.54 Å². The Morgan fingerprint density at radius 3 is 2.46 bits per heavy atom. The maximum absolute atomic E-state index is 13.7. The number of nitrogens with zero attached hydrogens (tertiary/aromatic N) is 2. The molecule has 28 heavy (non-hydrogen) atoms. The average Bonchev–Trinajstić information content (AvgIpc) is 2.73. The molecule has 3 rings (SSSR count). The lowest BCUT2D eigenvalue weighted by Gasteiger charge is -2.08. The molecule has 9 heteroatoms. The number of halogens is 3. The fraction of sp³-hybridized carbons (Fsp3) is 0.0526. The molecule has 0 aliphatic rings. The molecule has 0 fully saturated rings. The second-order valence-corrected chi connectivity index (χ2v) is 5.61. The fourth-order valence-electron chi connectivity index (χ4n) is 2.28. The second-order valence-electron chi connectivity index (χ2n) is 5.61. The number of benzene rings is 1. The first kappa shape index (κ1) is 19.0. The monoisotopic (exact) mass is 386 g/mol. The highest BCUT2D eigenvalue weighted by molar-refractivity contribution is 6.04. The van der Waals surface area contributed by atoms with Gasteiger partial charge in [0.2, 0.25) is 0 Å². The molecule has 0 aliphatic carbocycles. The smallest absolute Gasteiger partial charge is 0.274 e. The molecule has 2 amide bonds. The van der Waals surface area contributed by atoms with Gasteiger partial charge in [0.05, 0.1) is 17.9 Å². The molecule has 0 unspecified atom stereocenters. The molecule has 0 saturated heterocycles. The van der Waals surface area contributed by atoms with Gasteiger partial charge in [0.25, 0.3) is 11.8 Å². The van der Waals surface area contributed by atoms with Gasteiger partial charge >= 0.3 is 0 Å². The molecule has 0 aliphatic heterocycles. The Morgan fingerprint density at radius 2 is 1.71 bits per heavy atom. The van der Waals surface area contributed by atoms with Gasteiger partial charge in [0, 0.05) is 18.0 Å². The summed E-state index contributed by atoms with van der Waals surface area (Å²) in [6.45, 7) is 0.184. The van der Waals surface area contributed by atoms with Crippen molar-refractivity contribution >= 4 is 17.5 Å². The minimum absolute atomic E-state index is 0.141. The van der Waals surface area contributed by atoms with Gasteiger partial charge in [-0.3, -0.25) is 19.6 Å². The van der Waals surface area contributed by atoms with Crippen molar-refractivity contribution < 1.29 is 22.8 Å². The lowest BCUT2D eigenvalue weighted by atomic mass is 10.2. The molecule has 2 aromatic heterocycles. The zero-order valence-electron chi connectivity index (χ0n) is 14.2. The van der Waals surface area contributed by atoms with Crippen LogP contribution in [0.4, 0.5) is 18.9 Å². The number of nitrogens with one attached hydrogen (secondary N) is 2. The van der Waals surface area contributed by atoms with Crippen LogP contribution in [0.2, 0.25) is 0 Å². The summed E-state index contributed by atoms with van der Waals surface area (Å²) in [7, 11) is 0. The lowest BCUT2D eigenvalue weighted by molar-refractivity contribution is 0.0950. The van der Waals surface area contributed by atoms with E-state index in [9.17, 15) is 22.8 Å². The number of carbonyl (C=O) groups is 2. The van der Waals surface area contributed by atoms with Gasteiger partial charge in [-0.2, -0.15) is 0 Å². The van der Waals surface area contributed by atoms with E-state index in [0.29, 0.717) is 11.8 Å². The topological polar surface area (TPSA) is 84.0 Å². The average molecular weight is 386 g/mol. The van der Waals surface area contributed by atoms with Crippen molar-refractivity contribution in [2.24, 2.45) is 0 Å². The molecule has 2 N–H and O–H groups in total. The van der Waals surface area contributed by atoms with E-state index < -0.39 is 35.0 Å². The Morgan fingerprint density at radius 1 is 0.893 bits per heavy atom. The Hall–Kier alpha value is -3.75. The van der Waals surface area contributed by atoms with Crippen molar-refractivity contribution in [3.8, 4) is 0 Å². The normalized spacial score (nSPS) is 10.4. The Balaban J connectivity index is 1.71. The summed E-state index contributed by atoms with van der Waals surface area (Å²) in [5.74, 6) is -5.96. The number of rotatable bonds is 5. The van der Waals surface area contributed by atoms with Crippen molar-refractivity contribution in [3.05, 3.63) is 89.3 Å². The Kier molecular flexibility index (Phi) is 5.64. The number of hydrogen-bond donors (Lipinski definition) is 2. The maximum Gasteiger partial charge on any atom is 0.274 e. The quantitative estimate of drug-likeness (QED) is 0.660. The molecule has 3 aromatic rings. The molecule has 0 spiro atoms. The summed E-state index contributed by atoms with van der Waals surface area (Å²) in [6.07, 6.45) is 2.82. The molecular formula is C19H13F3N4O2. The summed E-state index contributed by atoms with van der Waals surface area (Å²) in [5, 5.41) is 4.74. The molecule has 6 nitrogen and oxygen atoms in total. The number of carbonyl (C=O) groups excluding carboxylic acids is 2. The summed E-state index contributed by atoms with van der Waals surface area (Å²) < 4.78 is 39.9. The van der Waals surface area contributed by atoms with E-state index in [1.54, 1.807) is 24.4 Å². The van der Waals surface area contributed by atoms with Crippen LogP contribution in [0.3, 0.4) is 0 Å². The summed E-state index contributed by atoms with van der Waals surface area (Å²) in [6, 6.07) is 9.42. The van der Waals surface area contributed by atoms with Crippen molar-refractivity contribution in [3.63, 3.8) is 0 Å². The number of hydrogen-bond acceptors (Lipinski definition) is 4. The van der Waals surface area contributed by atoms with E-state index in [2.05, 4.69) is 20.6 Å². The summed E-state index contributed by atoms with van der Waals surface area (Å²) >= 11 is 0. The first-order chi connectivity index (χ1) is 13.5. The molecule has 0 atom stereocenters. The Labute approximate surface area is 157 Å². The van der Waals surface area contributed by atoms with Crippen LogP contribution in [-0.4, -0.2) is 21.8 Å². The van der Waals surface area contributed by atoms with E-state index in [0.717, 1.165) is 6.07 Å². The van der Waals surface area contributed by atoms with Crippen LogP contribution in [0.1, 0.15) is 26.5 Å². The number of anilines is 1. The van der Waals surface area contributed by atoms with Crippen molar-refractivity contribution in [2.75, 3.05) is 5.32 Å². The van der Waals surface area contributed by atoms with Crippen LogP contribution in [-0.2, 0) is 6.54 Å². The Bertz CT molecular complexity index is 1030. The van der Waals surface area contributed by atoms with E-state index in [4.69, 9.17) is 0 Å². The predicted molar refractivity (Wildman–Crippen MR) is 93.9 cm³/mol. The zero-order chi connectivity index (χ0) is 20.1. The molecule has 0 saturated carbocycles. The third kappa shape index (κ3) is 4.32.